The zero-order valence-corrected chi connectivity index (χ0v) is 11.5. The van der Waals surface area contributed by atoms with Crippen molar-refractivity contribution < 1.29 is 14.7 Å². The molecule has 2 rings (SSSR count). The highest BCUT2D eigenvalue weighted by atomic mass is 16.4. The van der Waals surface area contributed by atoms with Crippen LogP contribution in [0.25, 0.3) is 0 Å². The summed E-state index contributed by atoms with van der Waals surface area (Å²) in [5, 5.41) is 8.73. The van der Waals surface area contributed by atoms with Gasteiger partial charge in [0.2, 0.25) is 0 Å². The van der Waals surface area contributed by atoms with Crippen molar-refractivity contribution in [3.63, 3.8) is 0 Å². The van der Waals surface area contributed by atoms with Crippen molar-refractivity contribution in [3.8, 4) is 0 Å². The molecule has 1 N–H and O–H groups in total. The fraction of sp³-hybridized carbons (Fsp3) is 0.846. The number of aliphatic carboxylic acids is 1. The predicted octanol–water partition coefficient (Wildman–Crippen LogP) is 0.540. The number of carboxylic acids is 1. The number of carbonyl (C=O) groups excluding carboxylic acids is 1. The van der Waals surface area contributed by atoms with Gasteiger partial charge in [0, 0.05) is 39.8 Å². The van der Waals surface area contributed by atoms with E-state index in [9.17, 15) is 9.59 Å². The van der Waals surface area contributed by atoms with Crippen LogP contribution in [0.3, 0.4) is 0 Å². The quantitative estimate of drug-likeness (QED) is 0.809. The SMILES string of the molecule is CN(CC1CCC1)C(=O)N1CCN(CC(=O)O)CC1. The predicted molar refractivity (Wildman–Crippen MR) is 71.0 cm³/mol. The highest BCUT2D eigenvalue weighted by molar-refractivity contribution is 5.74. The summed E-state index contributed by atoms with van der Waals surface area (Å²) >= 11 is 0. The van der Waals surface area contributed by atoms with E-state index in [2.05, 4.69) is 0 Å². The molecular formula is C13H23N3O3. The van der Waals surface area contributed by atoms with Crippen molar-refractivity contribution in [2.75, 3.05) is 46.3 Å². The third-order valence-electron chi connectivity index (χ3n) is 4.09. The van der Waals surface area contributed by atoms with E-state index in [0.29, 0.717) is 32.1 Å². The second kappa shape index (κ2) is 6.23. The molecule has 0 aromatic heterocycles. The van der Waals surface area contributed by atoms with E-state index in [4.69, 9.17) is 5.11 Å². The van der Waals surface area contributed by atoms with E-state index in [1.54, 1.807) is 0 Å². The first-order chi connectivity index (χ1) is 9.06. The number of urea groups is 1. The molecule has 1 heterocycles. The summed E-state index contributed by atoms with van der Waals surface area (Å²) in [4.78, 5) is 28.4. The number of nitrogens with zero attached hydrogens (tertiary/aromatic N) is 3. The van der Waals surface area contributed by atoms with Crippen LogP contribution in [0, 0.1) is 5.92 Å². The van der Waals surface area contributed by atoms with E-state index in [1.165, 1.54) is 19.3 Å². The zero-order valence-electron chi connectivity index (χ0n) is 11.5. The van der Waals surface area contributed by atoms with Crippen molar-refractivity contribution in [2.45, 2.75) is 19.3 Å². The van der Waals surface area contributed by atoms with Gasteiger partial charge in [-0.1, -0.05) is 6.42 Å². The van der Waals surface area contributed by atoms with Crippen molar-refractivity contribution >= 4 is 12.0 Å². The Kier molecular flexibility index (Phi) is 4.63. The van der Waals surface area contributed by atoms with Crippen LogP contribution in [-0.4, -0.2) is 78.1 Å². The van der Waals surface area contributed by atoms with Gasteiger partial charge in [0.05, 0.1) is 6.54 Å². The summed E-state index contributed by atoms with van der Waals surface area (Å²) in [5.41, 5.74) is 0. The van der Waals surface area contributed by atoms with Gasteiger partial charge < -0.3 is 14.9 Å². The first kappa shape index (κ1) is 14.1. The molecule has 0 spiro atoms. The Labute approximate surface area is 114 Å². The van der Waals surface area contributed by atoms with E-state index >= 15 is 0 Å². The van der Waals surface area contributed by atoms with Gasteiger partial charge in [-0.15, -0.1) is 0 Å². The van der Waals surface area contributed by atoms with Gasteiger partial charge in [-0.25, -0.2) is 4.79 Å². The molecule has 19 heavy (non-hydrogen) atoms. The van der Waals surface area contributed by atoms with Crippen LogP contribution in [0.1, 0.15) is 19.3 Å². The van der Waals surface area contributed by atoms with Crippen LogP contribution in [0.2, 0.25) is 0 Å². The Bertz CT molecular complexity index is 336. The van der Waals surface area contributed by atoms with Crippen molar-refractivity contribution in [1.29, 1.82) is 0 Å². The standard InChI is InChI=1S/C13H23N3O3/c1-14(9-11-3-2-4-11)13(19)16-7-5-15(6-8-16)10-12(17)18/h11H,2-10H2,1H3,(H,17,18). The molecule has 1 aliphatic carbocycles. The number of carboxylic acid groups (broad SMARTS) is 1. The molecule has 108 valence electrons. The van der Waals surface area contributed by atoms with E-state index in [-0.39, 0.29) is 12.6 Å². The molecule has 0 atom stereocenters. The average molecular weight is 269 g/mol. The third kappa shape index (κ3) is 3.83. The van der Waals surface area contributed by atoms with Crippen LogP contribution >= 0.6 is 0 Å². The summed E-state index contributed by atoms with van der Waals surface area (Å²) < 4.78 is 0. The molecule has 6 heteroatoms. The van der Waals surface area contributed by atoms with Crippen molar-refractivity contribution in [1.82, 2.24) is 14.7 Å². The molecule has 0 bridgehead atoms. The van der Waals surface area contributed by atoms with Gasteiger partial charge in [0.25, 0.3) is 0 Å². The highest BCUT2D eigenvalue weighted by Gasteiger charge is 2.27. The molecule has 2 aliphatic rings. The Morgan fingerprint density at radius 3 is 2.32 bits per heavy atom. The van der Waals surface area contributed by atoms with E-state index < -0.39 is 5.97 Å². The molecule has 0 aromatic rings. The lowest BCUT2D eigenvalue weighted by molar-refractivity contribution is -0.138. The molecule has 1 saturated heterocycles. The lowest BCUT2D eigenvalue weighted by atomic mass is 9.85. The van der Waals surface area contributed by atoms with Crippen LogP contribution in [0.5, 0.6) is 0 Å². The summed E-state index contributed by atoms with van der Waals surface area (Å²) in [6, 6.07) is 0.0851. The molecular weight excluding hydrogens is 246 g/mol. The Balaban J connectivity index is 1.73. The first-order valence-electron chi connectivity index (χ1n) is 7.00. The fourth-order valence-corrected chi connectivity index (χ4v) is 2.67. The summed E-state index contributed by atoms with van der Waals surface area (Å²) in [6.07, 6.45) is 3.77. The topological polar surface area (TPSA) is 64.1 Å². The van der Waals surface area contributed by atoms with Crippen LogP contribution < -0.4 is 0 Å². The van der Waals surface area contributed by atoms with Crippen LogP contribution in [0.4, 0.5) is 4.79 Å². The number of piperazine rings is 1. The number of amides is 2. The molecule has 1 saturated carbocycles. The van der Waals surface area contributed by atoms with Crippen molar-refractivity contribution in [2.24, 2.45) is 5.92 Å². The van der Waals surface area contributed by atoms with Gasteiger partial charge >= 0.3 is 12.0 Å². The molecule has 0 radical (unpaired) electrons. The largest absolute Gasteiger partial charge is 0.480 e. The molecule has 0 unspecified atom stereocenters. The maximum absolute atomic E-state index is 12.2. The summed E-state index contributed by atoms with van der Waals surface area (Å²) in [5.74, 6) is -0.121. The Morgan fingerprint density at radius 1 is 1.21 bits per heavy atom. The molecule has 2 fully saturated rings. The average Bonchev–Trinajstić information content (AvgIpc) is 2.33. The monoisotopic (exact) mass is 269 g/mol. The lowest BCUT2D eigenvalue weighted by Crippen LogP contribution is -2.53. The fourth-order valence-electron chi connectivity index (χ4n) is 2.67. The van der Waals surface area contributed by atoms with Crippen LogP contribution in [-0.2, 0) is 4.79 Å². The number of carbonyl (C=O) groups is 2. The molecule has 0 aromatic carbocycles. The lowest BCUT2D eigenvalue weighted by Gasteiger charge is -2.37. The highest BCUT2D eigenvalue weighted by Crippen LogP contribution is 2.27. The zero-order chi connectivity index (χ0) is 13.8. The van der Waals surface area contributed by atoms with E-state index in [1.807, 2.05) is 21.7 Å². The number of rotatable bonds is 4. The maximum atomic E-state index is 12.2. The minimum absolute atomic E-state index is 0.0694. The molecule has 6 nitrogen and oxygen atoms in total. The van der Waals surface area contributed by atoms with Gasteiger partial charge in [-0.3, -0.25) is 9.69 Å². The smallest absolute Gasteiger partial charge is 0.319 e. The maximum Gasteiger partial charge on any atom is 0.319 e. The summed E-state index contributed by atoms with van der Waals surface area (Å²) in [7, 11) is 1.87. The second-order valence-corrected chi connectivity index (χ2v) is 5.62. The minimum Gasteiger partial charge on any atom is -0.480 e. The van der Waals surface area contributed by atoms with Crippen LogP contribution in [0.15, 0.2) is 0 Å². The molecule has 1 aliphatic heterocycles. The van der Waals surface area contributed by atoms with Gasteiger partial charge in [0.15, 0.2) is 0 Å². The number of hydrogen-bond donors (Lipinski definition) is 1. The Hall–Kier alpha value is -1.30. The third-order valence-corrected chi connectivity index (χ3v) is 4.09. The second-order valence-electron chi connectivity index (χ2n) is 5.62. The summed E-state index contributed by atoms with van der Waals surface area (Å²) in [6.45, 7) is 3.47. The van der Waals surface area contributed by atoms with Crippen molar-refractivity contribution in [3.05, 3.63) is 0 Å². The normalized spacial score (nSPS) is 21.0. The minimum atomic E-state index is -0.804. The van der Waals surface area contributed by atoms with E-state index in [0.717, 1.165) is 6.54 Å². The first-order valence-corrected chi connectivity index (χ1v) is 7.00. The number of hydrogen-bond acceptors (Lipinski definition) is 3. The molecule has 2 amide bonds. The van der Waals surface area contributed by atoms with Gasteiger partial charge in [-0.2, -0.15) is 0 Å². The Morgan fingerprint density at radius 2 is 1.84 bits per heavy atom. The van der Waals surface area contributed by atoms with Gasteiger partial charge in [0.1, 0.15) is 0 Å². The van der Waals surface area contributed by atoms with Gasteiger partial charge in [-0.05, 0) is 18.8 Å².